The first kappa shape index (κ1) is 9.84. The molecule has 0 unspecified atom stereocenters. The average Bonchev–Trinajstić information content (AvgIpc) is 2.83. The van der Waals surface area contributed by atoms with Gasteiger partial charge in [0, 0.05) is 11.9 Å². The Hall–Kier alpha value is -2.36. The highest BCUT2D eigenvalue weighted by molar-refractivity contribution is 5.72. The van der Waals surface area contributed by atoms with Crippen molar-refractivity contribution in [3.8, 4) is 11.4 Å². The second-order valence-corrected chi connectivity index (χ2v) is 3.66. The lowest BCUT2D eigenvalue weighted by atomic mass is 10.3. The molecule has 1 aromatic carbocycles. The molecule has 2 aromatic heterocycles. The van der Waals surface area contributed by atoms with E-state index in [0.29, 0.717) is 0 Å². The lowest BCUT2D eigenvalue weighted by molar-refractivity contribution is 0.415. The highest BCUT2D eigenvalue weighted by Gasteiger charge is 2.04. The lowest BCUT2D eigenvalue weighted by Gasteiger charge is -2.05. The van der Waals surface area contributed by atoms with Gasteiger partial charge >= 0.3 is 0 Å². The number of benzene rings is 1. The summed E-state index contributed by atoms with van der Waals surface area (Å²) in [5, 5.41) is 0. The monoisotopic (exact) mass is 225 g/mol. The zero-order valence-electron chi connectivity index (χ0n) is 9.37. The topological polar surface area (TPSA) is 39.9 Å². The number of pyridine rings is 1. The van der Waals surface area contributed by atoms with Crippen LogP contribution in [0.5, 0.6) is 5.75 Å². The van der Waals surface area contributed by atoms with Crippen LogP contribution in [-0.4, -0.2) is 21.6 Å². The number of ether oxygens (including phenoxy) is 1. The number of nitrogens with zero attached hydrogens (tertiary/aromatic N) is 3. The summed E-state index contributed by atoms with van der Waals surface area (Å²) in [7, 11) is 1.66. The molecule has 2 heterocycles. The number of hydrogen-bond acceptors (Lipinski definition) is 3. The summed E-state index contributed by atoms with van der Waals surface area (Å²) < 4.78 is 7.14. The highest BCUT2D eigenvalue weighted by Crippen LogP contribution is 2.18. The normalized spacial score (nSPS) is 10.6. The molecule has 0 aliphatic carbocycles. The summed E-state index contributed by atoms with van der Waals surface area (Å²) in [5.74, 6) is 0.844. The number of fused-ring (bicyclic) bond motifs is 1. The van der Waals surface area contributed by atoms with E-state index in [0.717, 1.165) is 22.6 Å². The third-order valence-corrected chi connectivity index (χ3v) is 2.67. The van der Waals surface area contributed by atoms with E-state index in [-0.39, 0.29) is 0 Å². The van der Waals surface area contributed by atoms with E-state index in [1.54, 1.807) is 19.6 Å². The highest BCUT2D eigenvalue weighted by atomic mass is 16.5. The van der Waals surface area contributed by atoms with Crippen molar-refractivity contribution in [1.82, 2.24) is 14.5 Å². The van der Waals surface area contributed by atoms with Crippen molar-refractivity contribution < 1.29 is 4.74 Å². The molecule has 0 aliphatic heterocycles. The van der Waals surface area contributed by atoms with Crippen molar-refractivity contribution in [3.05, 3.63) is 48.9 Å². The Kier molecular flexibility index (Phi) is 2.26. The predicted octanol–water partition coefficient (Wildman–Crippen LogP) is 2.43. The lowest BCUT2D eigenvalue weighted by Crippen LogP contribution is -1.92. The van der Waals surface area contributed by atoms with Crippen LogP contribution in [0.15, 0.2) is 48.9 Å². The maximum absolute atomic E-state index is 5.14. The third kappa shape index (κ3) is 1.63. The van der Waals surface area contributed by atoms with Crippen LogP contribution in [0.2, 0.25) is 0 Å². The Morgan fingerprint density at radius 2 is 1.88 bits per heavy atom. The number of methoxy groups -OCH3 is 1. The van der Waals surface area contributed by atoms with Crippen molar-refractivity contribution >= 4 is 11.2 Å². The van der Waals surface area contributed by atoms with Gasteiger partial charge in [-0.15, -0.1) is 0 Å². The van der Waals surface area contributed by atoms with Gasteiger partial charge in [-0.3, -0.25) is 4.57 Å². The zero-order valence-corrected chi connectivity index (χ0v) is 9.37. The second kappa shape index (κ2) is 3.90. The van der Waals surface area contributed by atoms with Gasteiger partial charge in [0.05, 0.1) is 12.6 Å². The standard InChI is InChI=1S/C13H11N3O/c1-17-11-6-4-10(5-7-11)16-9-15-13-12(16)3-2-8-14-13/h2-9H,1H3. The largest absolute Gasteiger partial charge is 0.497 e. The second-order valence-electron chi connectivity index (χ2n) is 3.66. The molecule has 0 bridgehead atoms. The van der Waals surface area contributed by atoms with Crippen LogP contribution in [0.3, 0.4) is 0 Å². The van der Waals surface area contributed by atoms with Crippen LogP contribution < -0.4 is 4.74 Å². The van der Waals surface area contributed by atoms with Crippen LogP contribution >= 0.6 is 0 Å². The Morgan fingerprint density at radius 3 is 2.65 bits per heavy atom. The molecule has 84 valence electrons. The molecule has 0 atom stereocenters. The zero-order chi connectivity index (χ0) is 11.7. The van der Waals surface area contributed by atoms with E-state index in [1.165, 1.54) is 0 Å². The summed E-state index contributed by atoms with van der Waals surface area (Å²) in [5.41, 5.74) is 2.79. The number of hydrogen-bond donors (Lipinski definition) is 0. The summed E-state index contributed by atoms with van der Waals surface area (Å²) in [6.07, 6.45) is 3.52. The molecule has 0 saturated heterocycles. The molecule has 3 rings (SSSR count). The van der Waals surface area contributed by atoms with Crippen LogP contribution in [0, 0.1) is 0 Å². The first-order valence-electron chi connectivity index (χ1n) is 5.31. The Balaban J connectivity index is 2.13. The van der Waals surface area contributed by atoms with Gasteiger partial charge in [0.25, 0.3) is 0 Å². The summed E-state index contributed by atoms with van der Waals surface area (Å²) in [4.78, 5) is 8.46. The molecular weight excluding hydrogens is 214 g/mol. The number of rotatable bonds is 2. The van der Waals surface area contributed by atoms with Crippen molar-refractivity contribution in [2.45, 2.75) is 0 Å². The average molecular weight is 225 g/mol. The number of imidazole rings is 1. The Labute approximate surface area is 98.5 Å². The van der Waals surface area contributed by atoms with E-state index in [4.69, 9.17) is 4.74 Å². The van der Waals surface area contributed by atoms with Gasteiger partial charge in [0.1, 0.15) is 12.1 Å². The van der Waals surface area contributed by atoms with Crippen molar-refractivity contribution in [2.75, 3.05) is 7.11 Å². The molecule has 17 heavy (non-hydrogen) atoms. The molecule has 0 fully saturated rings. The first-order valence-corrected chi connectivity index (χ1v) is 5.31. The van der Waals surface area contributed by atoms with Gasteiger partial charge < -0.3 is 4.74 Å². The summed E-state index contributed by atoms with van der Waals surface area (Å²) in [6.45, 7) is 0. The van der Waals surface area contributed by atoms with E-state index >= 15 is 0 Å². The first-order chi connectivity index (χ1) is 8.38. The minimum atomic E-state index is 0.753. The third-order valence-electron chi connectivity index (χ3n) is 2.67. The maximum atomic E-state index is 5.14. The van der Waals surface area contributed by atoms with Gasteiger partial charge in [0.2, 0.25) is 0 Å². The summed E-state index contributed by atoms with van der Waals surface area (Å²) >= 11 is 0. The predicted molar refractivity (Wildman–Crippen MR) is 65.4 cm³/mol. The summed E-state index contributed by atoms with van der Waals surface area (Å²) in [6, 6.07) is 11.7. The molecule has 0 N–H and O–H groups in total. The van der Waals surface area contributed by atoms with Crippen molar-refractivity contribution in [2.24, 2.45) is 0 Å². The number of aromatic nitrogens is 3. The van der Waals surface area contributed by atoms with Crippen molar-refractivity contribution in [3.63, 3.8) is 0 Å². The van der Waals surface area contributed by atoms with Gasteiger partial charge in [-0.25, -0.2) is 9.97 Å². The fourth-order valence-corrected chi connectivity index (χ4v) is 1.80. The fraction of sp³-hybridized carbons (Fsp3) is 0.0769. The van der Waals surface area contributed by atoms with Gasteiger partial charge in [-0.2, -0.15) is 0 Å². The van der Waals surface area contributed by atoms with E-state index in [9.17, 15) is 0 Å². The molecule has 3 aromatic rings. The van der Waals surface area contributed by atoms with E-state index < -0.39 is 0 Å². The minimum absolute atomic E-state index is 0.753. The quantitative estimate of drug-likeness (QED) is 0.672. The SMILES string of the molecule is COc1ccc(-n2cnc3ncccc32)cc1. The van der Waals surface area contributed by atoms with Crippen LogP contribution in [-0.2, 0) is 0 Å². The van der Waals surface area contributed by atoms with Crippen LogP contribution in [0.25, 0.3) is 16.9 Å². The molecule has 4 heteroatoms. The van der Waals surface area contributed by atoms with Gasteiger partial charge in [-0.05, 0) is 36.4 Å². The van der Waals surface area contributed by atoms with Crippen LogP contribution in [0.4, 0.5) is 0 Å². The Bertz CT molecular complexity index is 643. The molecule has 0 amide bonds. The van der Waals surface area contributed by atoms with E-state index in [1.807, 2.05) is 41.0 Å². The Morgan fingerprint density at radius 1 is 1.06 bits per heavy atom. The van der Waals surface area contributed by atoms with Crippen molar-refractivity contribution in [1.29, 1.82) is 0 Å². The molecule has 0 saturated carbocycles. The van der Waals surface area contributed by atoms with Gasteiger partial charge in [0.15, 0.2) is 5.65 Å². The molecule has 0 radical (unpaired) electrons. The van der Waals surface area contributed by atoms with Crippen LogP contribution in [0.1, 0.15) is 0 Å². The maximum Gasteiger partial charge on any atom is 0.177 e. The van der Waals surface area contributed by atoms with Gasteiger partial charge in [-0.1, -0.05) is 0 Å². The minimum Gasteiger partial charge on any atom is -0.497 e. The van der Waals surface area contributed by atoms with E-state index in [2.05, 4.69) is 9.97 Å². The smallest absolute Gasteiger partial charge is 0.177 e. The fourth-order valence-electron chi connectivity index (χ4n) is 1.80. The molecule has 0 aliphatic rings. The molecule has 4 nitrogen and oxygen atoms in total. The molecule has 0 spiro atoms. The molecular formula is C13H11N3O.